The van der Waals surface area contributed by atoms with Gasteiger partial charge in [0.05, 0.1) is 5.69 Å². The maximum Gasteiger partial charge on any atom is 0.193 e. The van der Waals surface area contributed by atoms with E-state index in [-0.39, 0.29) is 0 Å². The van der Waals surface area contributed by atoms with Crippen LogP contribution in [0.1, 0.15) is 21.9 Å². The standard InChI is InChI=1S/C18H27N5OS/c1-14-17(15(2)24-21-14)6-7-20-18(19-3)23-10-8-22(9-11-23)13-16-5-4-12-25-16/h4-5,12H,6-11,13H2,1-3H3,(H,19,20). The number of nitrogens with one attached hydrogen (secondary N) is 1. The van der Waals surface area contributed by atoms with Crippen LogP contribution in [0.3, 0.4) is 0 Å². The Morgan fingerprint density at radius 2 is 2.12 bits per heavy atom. The summed E-state index contributed by atoms with van der Waals surface area (Å²) in [6, 6.07) is 4.34. The van der Waals surface area contributed by atoms with E-state index >= 15 is 0 Å². The lowest BCUT2D eigenvalue weighted by Crippen LogP contribution is -2.52. The zero-order valence-corrected chi connectivity index (χ0v) is 16.1. The van der Waals surface area contributed by atoms with E-state index in [4.69, 9.17) is 4.52 Å². The van der Waals surface area contributed by atoms with Crippen molar-refractivity contribution in [2.75, 3.05) is 39.8 Å². The molecular formula is C18H27N5OS. The molecule has 136 valence electrons. The summed E-state index contributed by atoms with van der Waals surface area (Å²) in [6.07, 6.45) is 0.901. The predicted octanol–water partition coefficient (Wildman–Crippen LogP) is 2.29. The fourth-order valence-electron chi connectivity index (χ4n) is 3.23. The second-order valence-corrected chi connectivity index (χ2v) is 7.40. The number of aromatic nitrogens is 1. The van der Waals surface area contributed by atoms with Crippen LogP contribution in [0.25, 0.3) is 0 Å². The number of hydrogen-bond acceptors (Lipinski definition) is 5. The van der Waals surface area contributed by atoms with E-state index in [1.165, 1.54) is 10.4 Å². The summed E-state index contributed by atoms with van der Waals surface area (Å²) < 4.78 is 5.23. The van der Waals surface area contributed by atoms with Crippen LogP contribution in [-0.4, -0.2) is 60.7 Å². The summed E-state index contributed by atoms with van der Waals surface area (Å²) in [6.45, 7) is 10.0. The second-order valence-electron chi connectivity index (χ2n) is 6.37. The van der Waals surface area contributed by atoms with Crippen molar-refractivity contribution in [1.82, 2.24) is 20.3 Å². The molecule has 1 aliphatic heterocycles. The molecular weight excluding hydrogens is 334 g/mol. The van der Waals surface area contributed by atoms with Crippen molar-refractivity contribution in [2.24, 2.45) is 4.99 Å². The molecule has 0 bridgehead atoms. The average Bonchev–Trinajstić information content (AvgIpc) is 3.24. The summed E-state index contributed by atoms with van der Waals surface area (Å²) >= 11 is 1.84. The zero-order chi connectivity index (χ0) is 17.6. The quantitative estimate of drug-likeness (QED) is 0.654. The molecule has 3 heterocycles. The third kappa shape index (κ3) is 4.61. The van der Waals surface area contributed by atoms with Crippen LogP contribution >= 0.6 is 11.3 Å². The lowest BCUT2D eigenvalue weighted by Gasteiger charge is -2.36. The molecule has 0 aromatic carbocycles. The second kappa shape index (κ2) is 8.49. The van der Waals surface area contributed by atoms with Crippen molar-refractivity contribution < 1.29 is 4.52 Å². The van der Waals surface area contributed by atoms with Crippen molar-refractivity contribution in [2.45, 2.75) is 26.8 Å². The summed E-state index contributed by atoms with van der Waals surface area (Å²) in [4.78, 5) is 10.8. The van der Waals surface area contributed by atoms with E-state index < -0.39 is 0 Å². The molecule has 1 N–H and O–H groups in total. The third-order valence-corrected chi connectivity index (χ3v) is 5.54. The summed E-state index contributed by atoms with van der Waals surface area (Å²) in [5, 5.41) is 9.65. The summed E-state index contributed by atoms with van der Waals surface area (Å²) in [5.74, 6) is 1.90. The van der Waals surface area contributed by atoms with Gasteiger partial charge in [-0.25, -0.2) is 0 Å². The molecule has 0 unspecified atom stereocenters. The van der Waals surface area contributed by atoms with Crippen LogP contribution in [0.5, 0.6) is 0 Å². The minimum Gasteiger partial charge on any atom is -0.361 e. The Bertz CT molecular complexity index is 667. The first-order valence-electron chi connectivity index (χ1n) is 8.79. The van der Waals surface area contributed by atoms with Crippen LogP contribution < -0.4 is 5.32 Å². The van der Waals surface area contributed by atoms with Gasteiger partial charge in [0.15, 0.2) is 5.96 Å². The third-order valence-electron chi connectivity index (χ3n) is 4.68. The first kappa shape index (κ1) is 17.9. The van der Waals surface area contributed by atoms with Gasteiger partial charge in [0.2, 0.25) is 0 Å². The summed E-state index contributed by atoms with van der Waals surface area (Å²) in [7, 11) is 1.86. The lowest BCUT2D eigenvalue weighted by molar-refractivity contribution is 0.174. The smallest absolute Gasteiger partial charge is 0.193 e. The van der Waals surface area contributed by atoms with Crippen molar-refractivity contribution >= 4 is 17.3 Å². The Hall–Kier alpha value is -1.86. The molecule has 1 aliphatic rings. The van der Waals surface area contributed by atoms with Gasteiger partial charge in [-0.1, -0.05) is 11.2 Å². The molecule has 0 atom stereocenters. The molecule has 0 aliphatic carbocycles. The highest BCUT2D eigenvalue weighted by Gasteiger charge is 2.20. The first-order chi connectivity index (χ1) is 12.2. The van der Waals surface area contributed by atoms with Crippen LogP contribution in [-0.2, 0) is 13.0 Å². The van der Waals surface area contributed by atoms with Gasteiger partial charge < -0.3 is 14.7 Å². The molecule has 3 rings (SSSR count). The van der Waals surface area contributed by atoms with Gasteiger partial charge in [-0.3, -0.25) is 9.89 Å². The van der Waals surface area contributed by atoms with E-state index in [9.17, 15) is 0 Å². The van der Waals surface area contributed by atoms with Crippen LogP contribution in [0.15, 0.2) is 27.0 Å². The number of aryl methyl sites for hydroxylation is 2. The minimum absolute atomic E-state index is 0.838. The number of guanidine groups is 1. The number of piperazine rings is 1. The Balaban J connectivity index is 1.44. The van der Waals surface area contributed by atoms with Gasteiger partial charge >= 0.3 is 0 Å². The molecule has 0 spiro atoms. The lowest BCUT2D eigenvalue weighted by atomic mass is 10.1. The number of thiophene rings is 1. The predicted molar refractivity (Wildman–Crippen MR) is 102 cm³/mol. The fourth-order valence-corrected chi connectivity index (χ4v) is 3.98. The summed E-state index contributed by atoms with van der Waals surface area (Å²) in [5.41, 5.74) is 2.18. The fraction of sp³-hybridized carbons (Fsp3) is 0.556. The molecule has 0 radical (unpaired) electrons. The van der Waals surface area contributed by atoms with Gasteiger partial charge in [0.1, 0.15) is 5.76 Å². The van der Waals surface area contributed by atoms with Gasteiger partial charge in [0, 0.05) is 56.8 Å². The van der Waals surface area contributed by atoms with E-state index in [0.29, 0.717) is 0 Å². The minimum atomic E-state index is 0.838. The zero-order valence-electron chi connectivity index (χ0n) is 15.3. The van der Waals surface area contributed by atoms with Gasteiger partial charge in [-0.2, -0.15) is 0 Å². The van der Waals surface area contributed by atoms with Gasteiger partial charge in [-0.15, -0.1) is 11.3 Å². The monoisotopic (exact) mass is 361 g/mol. The molecule has 0 amide bonds. The van der Waals surface area contributed by atoms with Gasteiger partial charge in [-0.05, 0) is 31.7 Å². The molecule has 2 aromatic rings. The number of aliphatic imine (C=N–C) groups is 1. The highest BCUT2D eigenvalue weighted by atomic mass is 32.1. The van der Waals surface area contributed by atoms with E-state index in [1.54, 1.807) is 0 Å². The Morgan fingerprint density at radius 3 is 2.72 bits per heavy atom. The average molecular weight is 362 g/mol. The van der Waals surface area contributed by atoms with Crippen molar-refractivity contribution in [3.05, 3.63) is 39.4 Å². The normalized spacial score (nSPS) is 16.4. The SMILES string of the molecule is CN=C(NCCc1c(C)noc1C)N1CCN(Cc2cccs2)CC1. The van der Waals surface area contributed by atoms with Crippen LogP contribution in [0, 0.1) is 13.8 Å². The van der Waals surface area contributed by atoms with E-state index in [2.05, 4.69) is 42.8 Å². The molecule has 1 fully saturated rings. The number of nitrogens with zero attached hydrogens (tertiary/aromatic N) is 4. The number of rotatable bonds is 5. The highest BCUT2D eigenvalue weighted by Crippen LogP contribution is 2.14. The largest absolute Gasteiger partial charge is 0.361 e. The van der Waals surface area contributed by atoms with E-state index in [0.717, 1.165) is 63.1 Å². The van der Waals surface area contributed by atoms with E-state index in [1.807, 2.05) is 32.2 Å². The van der Waals surface area contributed by atoms with Crippen molar-refractivity contribution in [3.63, 3.8) is 0 Å². The molecule has 25 heavy (non-hydrogen) atoms. The topological polar surface area (TPSA) is 56.9 Å². The molecule has 0 saturated carbocycles. The Morgan fingerprint density at radius 1 is 1.32 bits per heavy atom. The van der Waals surface area contributed by atoms with Gasteiger partial charge in [0.25, 0.3) is 0 Å². The number of hydrogen-bond donors (Lipinski definition) is 1. The first-order valence-corrected chi connectivity index (χ1v) is 9.67. The highest BCUT2D eigenvalue weighted by molar-refractivity contribution is 7.09. The van der Waals surface area contributed by atoms with Crippen LogP contribution in [0.4, 0.5) is 0 Å². The molecule has 2 aromatic heterocycles. The molecule has 1 saturated heterocycles. The van der Waals surface area contributed by atoms with Crippen molar-refractivity contribution in [1.29, 1.82) is 0 Å². The maximum atomic E-state index is 5.23. The maximum absolute atomic E-state index is 5.23. The molecule has 6 nitrogen and oxygen atoms in total. The Kier molecular flexibility index (Phi) is 6.09. The molecule has 7 heteroatoms. The Labute approximate surface area is 153 Å². The van der Waals surface area contributed by atoms with Crippen LogP contribution in [0.2, 0.25) is 0 Å². The van der Waals surface area contributed by atoms with Crippen molar-refractivity contribution in [3.8, 4) is 0 Å².